The number of aryl methyl sites for hydroxylation is 1. The van der Waals surface area contributed by atoms with Crippen molar-refractivity contribution < 1.29 is 4.74 Å². The molecule has 0 atom stereocenters. The van der Waals surface area contributed by atoms with Gasteiger partial charge in [-0.2, -0.15) is 0 Å². The van der Waals surface area contributed by atoms with E-state index in [1.807, 2.05) is 18.2 Å². The van der Waals surface area contributed by atoms with Crippen LogP contribution in [0.15, 0.2) is 96.0 Å². The van der Waals surface area contributed by atoms with Crippen LogP contribution in [0, 0.1) is 0 Å². The smallest absolute Gasteiger partial charge is 0.138 e. The third-order valence-corrected chi connectivity index (χ3v) is 5.22. The Labute approximate surface area is 170 Å². The van der Waals surface area contributed by atoms with Crippen molar-refractivity contribution in [1.82, 2.24) is 0 Å². The summed E-state index contributed by atoms with van der Waals surface area (Å²) in [6.45, 7) is 0.711. The molecule has 0 amide bonds. The lowest BCUT2D eigenvalue weighted by atomic mass is 10.0. The minimum Gasteiger partial charge on any atom is -0.494 e. The Balaban J connectivity index is 1.26. The first-order chi connectivity index (χ1) is 14.4. The van der Waals surface area contributed by atoms with Gasteiger partial charge >= 0.3 is 0 Å². The molecule has 1 N–H and O–H groups in total. The van der Waals surface area contributed by atoms with Crippen molar-refractivity contribution in [2.75, 3.05) is 11.9 Å². The van der Waals surface area contributed by atoms with Gasteiger partial charge in [-0.05, 0) is 60.2 Å². The van der Waals surface area contributed by atoms with Crippen LogP contribution >= 0.6 is 0 Å². The summed E-state index contributed by atoms with van der Waals surface area (Å²) in [5, 5.41) is 5.86. The van der Waals surface area contributed by atoms with Crippen molar-refractivity contribution in [2.24, 2.45) is 4.99 Å². The fourth-order valence-electron chi connectivity index (χ4n) is 3.75. The molecule has 1 heterocycles. The number of hydrogen-bond donors (Lipinski definition) is 1. The Bertz CT molecular complexity index is 1160. The van der Waals surface area contributed by atoms with Crippen LogP contribution in [0.5, 0.6) is 5.75 Å². The fraction of sp³-hybridized carbons (Fsp3) is 0.115. The number of nitrogens with one attached hydrogen (secondary N) is 1. The summed E-state index contributed by atoms with van der Waals surface area (Å²) < 4.78 is 5.91. The van der Waals surface area contributed by atoms with Gasteiger partial charge in [-0.25, -0.2) is 4.99 Å². The predicted octanol–water partition coefficient (Wildman–Crippen LogP) is 6.36. The number of amidine groups is 1. The number of aliphatic imine (C=N–C) groups is 1. The van der Waals surface area contributed by atoms with Crippen molar-refractivity contribution in [3.8, 4) is 5.75 Å². The van der Waals surface area contributed by atoms with Gasteiger partial charge in [0, 0.05) is 16.6 Å². The summed E-state index contributed by atoms with van der Waals surface area (Å²) in [5.41, 5.74) is 4.51. The van der Waals surface area contributed by atoms with E-state index in [1.54, 1.807) is 0 Å². The zero-order valence-corrected chi connectivity index (χ0v) is 16.1. The van der Waals surface area contributed by atoms with Gasteiger partial charge in [-0.3, -0.25) is 0 Å². The molecule has 3 nitrogen and oxygen atoms in total. The lowest BCUT2D eigenvalue weighted by Gasteiger charge is -2.19. The fourth-order valence-corrected chi connectivity index (χ4v) is 3.75. The zero-order valence-electron chi connectivity index (χ0n) is 16.1. The number of nitrogens with zero attached hydrogens (tertiary/aromatic N) is 1. The van der Waals surface area contributed by atoms with Crippen molar-refractivity contribution in [1.29, 1.82) is 0 Å². The minimum absolute atomic E-state index is 0.711. The van der Waals surface area contributed by atoms with Crippen molar-refractivity contribution in [3.05, 3.63) is 102 Å². The average molecular weight is 378 g/mol. The Kier molecular flexibility index (Phi) is 4.71. The van der Waals surface area contributed by atoms with Gasteiger partial charge in [-0.15, -0.1) is 0 Å². The molecule has 0 unspecified atom stereocenters. The molecule has 4 aromatic rings. The largest absolute Gasteiger partial charge is 0.494 e. The topological polar surface area (TPSA) is 33.6 Å². The molecule has 0 saturated carbocycles. The Morgan fingerprint density at radius 1 is 0.759 bits per heavy atom. The first-order valence-electron chi connectivity index (χ1n) is 10.0. The maximum Gasteiger partial charge on any atom is 0.138 e. The Morgan fingerprint density at radius 3 is 2.38 bits per heavy atom. The number of rotatable bonds is 6. The van der Waals surface area contributed by atoms with Crippen molar-refractivity contribution >= 4 is 28.0 Å². The van der Waals surface area contributed by atoms with E-state index in [4.69, 9.17) is 9.73 Å². The molecule has 0 spiro atoms. The van der Waals surface area contributed by atoms with Crippen LogP contribution < -0.4 is 10.1 Å². The van der Waals surface area contributed by atoms with Gasteiger partial charge in [0.05, 0.1) is 12.3 Å². The van der Waals surface area contributed by atoms with Gasteiger partial charge in [0.2, 0.25) is 0 Å². The highest BCUT2D eigenvalue weighted by Gasteiger charge is 2.15. The van der Waals surface area contributed by atoms with Gasteiger partial charge in [0.25, 0.3) is 0 Å². The van der Waals surface area contributed by atoms with Crippen molar-refractivity contribution in [2.45, 2.75) is 12.8 Å². The summed E-state index contributed by atoms with van der Waals surface area (Å²) in [7, 11) is 0. The van der Waals surface area contributed by atoms with Crippen LogP contribution in [0.1, 0.15) is 17.5 Å². The van der Waals surface area contributed by atoms with Crippen molar-refractivity contribution in [3.63, 3.8) is 0 Å². The first-order valence-corrected chi connectivity index (χ1v) is 10.0. The molecule has 0 radical (unpaired) electrons. The summed E-state index contributed by atoms with van der Waals surface area (Å²) in [6.07, 6.45) is 2.03. The highest BCUT2D eigenvalue weighted by molar-refractivity contribution is 6.18. The molecule has 0 aromatic heterocycles. The second kappa shape index (κ2) is 7.80. The maximum absolute atomic E-state index is 5.91. The summed E-state index contributed by atoms with van der Waals surface area (Å²) in [5.74, 6) is 1.76. The molecule has 29 heavy (non-hydrogen) atoms. The van der Waals surface area contributed by atoms with E-state index in [2.05, 4.69) is 78.1 Å². The molecule has 142 valence electrons. The first kappa shape index (κ1) is 17.5. The summed E-state index contributed by atoms with van der Waals surface area (Å²) >= 11 is 0. The third-order valence-electron chi connectivity index (χ3n) is 5.22. The average Bonchev–Trinajstić information content (AvgIpc) is 2.78. The molecule has 4 aromatic carbocycles. The van der Waals surface area contributed by atoms with Gasteiger partial charge in [0.15, 0.2) is 0 Å². The highest BCUT2D eigenvalue weighted by atomic mass is 16.5. The van der Waals surface area contributed by atoms with Gasteiger partial charge < -0.3 is 10.1 Å². The molecule has 3 heteroatoms. The van der Waals surface area contributed by atoms with E-state index in [9.17, 15) is 0 Å². The molecule has 0 fully saturated rings. The van der Waals surface area contributed by atoms with Gasteiger partial charge in [0.1, 0.15) is 11.6 Å². The van der Waals surface area contributed by atoms with E-state index in [0.29, 0.717) is 6.61 Å². The Hall–Kier alpha value is -3.59. The number of hydrogen-bond acceptors (Lipinski definition) is 3. The standard InChI is InChI=1S/C26H22N2O/c1-2-7-19(8-3-1)9-6-18-29-22-16-14-21(15-17-22)26-27-23-12-4-10-20-11-5-13-24(28-26)25(20)23/h1-5,7-8,10-17H,6,9,18H2,(H,27,28). The third kappa shape index (κ3) is 3.72. The molecular formula is C26H22N2O. The van der Waals surface area contributed by atoms with Crippen LogP contribution in [0.3, 0.4) is 0 Å². The van der Waals surface area contributed by atoms with E-state index in [-0.39, 0.29) is 0 Å². The number of ether oxygens (including phenoxy) is 1. The second-order valence-corrected chi connectivity index (χ2v) is 7.23. The molecule has 0 aliphatic carbocycles. The van der Waals surface area contributed by atoms with E-state index in [0.717, 1.165) is 41.4 Å². The highest BCUT2D eigenvalue weighted by Crippen LogP contribution is 2.36. The molecule has 0 saturated heterocycles. The van der Waals surface area contributed by atoms with Crippen LogP contribution in [0.25, 0.3) is 10.8 Å². The normalized spacial score (nSPS) is 12.3. The number of benzene rings is 4. The summed E-state index contributed by atoms with van der Waals surface area (Å²) in [6, 6.07) is 31.2. The maximum atomic E-state index is 5.91. The summed E-state index contributed by atoms with van der Waals surface area (Å²) in [4.78, 5) is 4.84. The quantitative estimate of drug-likeness (QED) is 0.396. The lowest BCUT2D eigenvalue weighted by Crippen LogP contribution is -2.16. The van der Waals surface area contributed by atoms with E-state index < -0.39 is 0 Å². The van der Waals surface area contributed by atoms with Crippen LogP contribution in [-0.4, -0.2) is 12.4 Å². The minimum atomic E-state index is 0.711. The molecule has 1 aliphatic rings. The molecule has 0 bridgehead atoms. The predicted molar refractivity (Wildman–Crippen MR) is 120 cm³/mol. The van der Waals surface area contributed by atoms with Crippen LogP contribution in [-0.2, 0) is 6.42 Å². The second-order valence-electron chi connectivity index (χ2n) is 7.23. The molecular weight excluding hydrogens is 356 g/mol. The van der Waals surface area contributed by atoms with E-state index >= 15 is 0 Å². The van der Waals surface area contributed by atoms with Crippen LogP contribution in [0.4, 0.5) is 11.4 Å². The zero-order chi connectivity index (χ0) is 19.5. The Morgan fingerprint density at radius 2 is 1.55 bits per heavy atom. The molecule has 1 aliphatic heterocycles. The van der Waals surface area contributed by atoms with Gasteiger partial charge in [-0.1, -0.05) is 54.6 Å². The monoisotopic (exact) mass is 378 g/mol. The van der Waals surface area contributed by atoms with E-state index in [1.165, 1.54) is 16.3 Å². The van der Waals surface area contributed by atoms with Crippen LogP contribution in [0.2, 0.25) is 0 Å². The number of anilines is 1. The molecule has 5 rings (SSSR count). The SMILES string of the molecule is c1ccc(CCCOc2ccc(C3=Nc4cccc5cccc(c45)N3)cc2)cc1. The lowest BCUT2D eigenvalue weighted by molar-refractivity contribution is 0.311.